The number of hydrogen-bond acceptors (Lipinski definition) is 6. The first-order chi connectivity index (χ1) is 35.5. The van der Waals surface area contributed by atoms with Crippen LogP contribution in [0.5, 0.6) is 0 Å². The van der Waals surface area contributed by atoms with Crippen molar-refractivity contribution in [2.45, 2.75) is 290 Å². The number of carbonyl (C=O) groups excluding carboxylic acids is 3. The molecule has 6 nitrogen and oxygen atoms in total. The molecule has 0 spiro atoms. The molecule has 0 heterocycles. The first-order valence-corrected chi connectivity index (χ1v) is 30.2. The van der Waals surface area contributed by atoms with Gasteiger partial charge in [0.25, 0.3) is 0 Å². The van der Waals surface area contributed by atoms with Crippen molar-refractivity contribution in [1.82, 2.24) is 0 Å². The second-order valence-electron chi connectivity index (χ2n) is 19.9. The van der Waals surface area contributed by atoms with Crippen molar-refractivity contribution in [2.75, 3.05) is 13.2 Å². The van der Waals surface area contributed by atoms with Gasteiger partial charge in [0.1, 0.15) is 13.2 Å². The van der Waals surface area contributed by atoms with Gasteiger partial charge in [-0.3, -0.25) is 14.4 Å². The lowest BCUT2D eigenvalue weighted by atomic mass is 10.1. The predicted octanol–water partition coefficient (Wildman–Crippen LogP) is 20.5. The van der Waals surface area contributed by atoms with Crippen LogP contribution in [0.4, 0.5) is 0 Å². The highest BCUT2D eigenvalue weighted by atomic mass is 16.6. The van der Waals surface area contributed by atoms with Gasteiger partial charge in [0.15, 0.2) is 6.10 Å². The number of hydrogen-bond donors (Lipinski definition) is 0. The molecule has 0 aliphatic carbocycles. The maximum absolute atomic E-state index is 12.9. The molecule has 6 heteroatoms. The van der Waals surface area contributed by atoms with Crippen molar-refractivity contribution >= 4 is 17.9 Å². The summed E-state index contributed by atoms with van der Waals surface area (Å²) in [5.41, 5.74) is 0. The molecular weight excluding hydrogens is 889 g/mol. The first-order valence-electron chi connectivity index (χ1n) is 30.2. The number of esters is 3. The van der Waals surface area contributed by atoms with E-state index in [2.05, 4.69) is 118 Å². The van der Waals surface area contributed by atoms with E-state index in [1.54, 1.807) is 0 Å². The highest BCUT2D eigenvalue weighted by molar-refractivity contribution is 5.71. The number of rotatable bonds is 54. The van der Waals surface area contributed by atoms with Crippen molar-refractivity contribution in [3.05, 3.63) is 97.2 Å². The molecule has 0 aliphatic heterocycles. The largest absolute Gasteiger partial charge is 0.462 e. The molecule has 1 unspecified atom stereocenters. The van der Waals surface area contributed by atoms with Gasteiger partial charge in [0.2, 0.25) is 0 Å². The number of unbranched alkanes of at least 4 members (excludes halogenated alkanes) is 27. The summed E-state index contributed by atoms with van der Waals surface area (Å²) >= 11 is 0. The lowest BCUT2D eigenvalue weighted by Crippen LogP contribution is -2.30. The van der Waals surface area contributed by atoms with Gasteiger partial charge in [-0.2, -0.15) is 0 Å². The molecule has 0 fully saturated rings. The molecule has 0 bridgehead atoms. The van der Waals surface area contributed by atoms with Crippen molar-refractivity contribution in [1.29, 1.82) is 0 Å². The minimum Gasteiger partial charge on any atom is -0.462 e. The molecule has 0 saturated carbocycles. The Morgan fingerprint density at radius 3 is 0.889 bits per heavy atom. The van der Waals surface area contributed by atoms with Crippen LogP contribution in [0, 0.1) is 0 Å². The van der Waals surface area contributed by atoms with E-state index < -0.39 is 6.10 Å². The van der Waals surface area contributed by atoms with E-state index in [-0.39, 0.29) is 31.1 Å². The molecule has 0 aliphatic rings. The smallest absolute Gasteiger partial charge is 0.306 e. The third kappa shape index (κ3) is 57.2. The summed E-state index contributed by atoms with van der Waals surface area (Å²) in [4.78, 5) is 38.2. The van der Waals surface area contributed by atoms with Gasteiger partial charge in [-0.25, -0.2) is 0 Å². The average molecular weight is 1000 g/mol. The van der Waals surface area contributed by atoms with Gasteiger partial charge in [-0.05, 0) is 122 Å². The SMILES string of the molecule is CC/C=C\C/C=C\C/C=C\C/C=C\C/C=C\C/C=C\CCCCCCC(=O)OCC(COC(=O)CCCCCCC/C=C\CCCCC)OC(=O)CCCCCCCCCCC/C=C\CCCCCCCC. The van der Waals surface area contributed by atoms with Crippen molar-refractivity contribution < 1.29 is 28.6 Å². The van der Waals surface area contributed by atoms with Gasteiger partial charge in [0, 0.05) is 19.3 Å². The maximum Gasteiger partial charge on any atom is 0.306 e. The fourth-order valence-electron chi connectivity index (χ4n) is 8.26. The molecule has 412 valence electrons. The fourth-order valence-corrected chi connectivity index (χ4v) is 8.26. The third-order valence-electron chi connectivity index (χ3n) is 12.8. The number of allylic oxidation sites excluding steroid dienone is 16. The van der Waals surface area contributed by atoms with Gasteiger partial charge in [0.05, 0.1) is 0 Å². The van der Waals surface area contributed by atoms with E-state index in [0.29, 0.717) is 19.3 Å². The Morgan fingerprint density at radius 1 is 0.292 bits per heavy atom. The minimum atomic E-state index is -0.794. The van der Waals surface area contributed by atoms with Crippen molar-refractivity contribution in [3.63, 3.8) is 0 Å². The number of ether oxygens (including phenoxy) is 3. The van der Waals surface area contributed by atoms with Crippen LogP contribution in [0.3, 0.4) is 0 Å². The Morgan fingerprint density at radius 2 is 0.542 bits per heavy atom. The molecule has 0 amide bonds. The lowest BCUT2D eigenvalue weighted by molar-refractivity contribution is -0.167. The second kappa shape index (κ2) is 59.9. The van der Waals surface area contributed by atoms with E-state index in [0.717, 1.165) is 116 Å². The quantitative estimate of drug-likeness (QED) is 0.0261. The minimum absolute atomic E-state index is 0.0908. The zero-order valence-electron chi connectivity index (χ0n) is 47.2. The van der Waals surface area contributed by atoms with Gasteiger partial charge < -0.3 is 14.2 Å². The summed E-state index contributed by atoms with van der Waals surface area (Å²) in [6.07, 6.45) is 79.7. The summed E-state index contributed by atoms with van der Waals surface area (Å²) in [6.45, 7) is 6.48. The van der Waals surface area contributed by atoms with Gasteiger partial charge in [-0.1, -0.05) is 240 Å². The summed E-state index contributed by atoms with van der Waals surface area (Å²) in [5, 5.41) is 0. The van der Waals surface area contributed by atoms with Crippen molar-refractivity contribution in [3.8, 4) is 0 Å². The number of carbonyl (C=O) groups is 3. The molecule has 0 saturated heterocycles. The molecular formula is C66H112O6. The van der Waals surface area contributed by atoms with Crippen LogP contribution in [-0.2, 0) is 28.6 Å². The molecule has 72 heavy (non-hydrogen) atoms. The maximum atomic E-state index is 12.9. The normalized spacial score (nSPS) is 12.8. The third-order valence-corrected chi connectivity index (χ3v) is 12.8. The molecule has 0 rings (SSSR count). The lowest BCUT2D eigenvalue weighted by Gasteiger charge is -2.18. The van der Waals surface area contributed by atoms with E-state index in [1.165, 1.54) is 128 Å². The van der Waals surface area contributed by atoms with Crippen LogP contribution in [0.25, 0.3) is 0 Å². The molecule has 0 aromatic rings. The Balaban J connectivity index is 4.40. The Labute approximate surface area is 445 Å². The first kappa shape index (κ1) is 68.3. The van der Waals surface area contributed by atoms with Crippen molar-refractivity contribution in [2.24, 2.45) is 0 Å². The predicted molar refractivity (Wildman–Crippen MR) is 311 cm³/mol. The summed E-state index contributed by atoms with van der Waals surface area (Å²) in [7, 11) is 0. The standard InChI is InChI=1S/C66H112O6/c1-4-7-10-13-16-19-22-25-27-29-31-32-33-34-36-37-39-41-44-47-50-53-56-59-65(68)71-62-63(61-70-64(67)58-55-52-49-46-43-24-21-18-15-12-9-6-3)72-66(69)60-57-54-51-48-45-42-40-38-35-30-28-26-23-20-17-14-11-8-5-2/h7,10,16,18-19,21,25-28,31-32,34,36,39,41,63H,4-6,8-9,11-15,17,20,22-24,29-30,33,35,37-38,40,42-62H2,1-3H3/b10-7-,19-16-,21-18-,27-25-,28-26-,32-31-,36-34-,41-39-. The highest BCUT2D eigenvalue weighted by Crippen LogP contribution is 2.15. The van der Waals surface area contributed by atoms with E-state index >= 15 is 0 Å². The monoisotopic (exact) mass is 1000 g/mol. The van der Waals surface area contributed by atoms with Crippen LogP contribution in [0.1, 0.15) is 284 Å². The summed E-state index contributed by atoms with van der Waals surface area (Å²) in [6, 6.07) is 0. The molecule has 0 aromatic carbocycles. The van der Waals surface area contributed by atoms with Crippen LogP contribution in [0.2, 0.25) is 0 Å². The molecule has 0 aromatic heterocycles. The van der Waals surface area contributed by atoms with E-state index in [9.17, 15) is 14.4 Å². The zero-order chi connectivity index (χ0) is 52.2. The topological polar surface area (TPSA) is 78.9 Å². The average Bonchev–Trinajstić information content (AvgIpc) is 3.38. The van der Waals surface area contributed by atoms with E-state index in [4.69, 9.17) is 14.2 Å². The van der Waals surface area contributed by atoms with E-state index in [1.807, 2.05) is 0 Å². The van der Waals surface area contributed by atoms with Gasteiger partial charge in [-0.15, -0.1) is 0 Å². The summed E-state index contributed by atoms with van der Waals surface area (Å²) < 4.78 is 16.9. The van der Waals surface area contributed by atoms with Crippen LogP contribution in [-0.4, -0.2) is 37.2 Å². The Hall–Kier alpha value is -3.67. The summed E-state index contributed by atoms with van der Waals surface area (Å²) in [5.74, 6) is -0.921. The van der Waals surface area contributed by atoms with Crippen LogP contribution in [0.15, 0.2) is 97.2 Å². The molecule has 0 radical (unpaired) electrons. The van der Waals surface area contributed by atoms with Crippen LogP contribution >= 0.6 is 0 Å². The highest BCUT2D eigenvalue weighted by Gasteiger charge is 2.19. The second-order valence-corrected chi connectivity index (χ2v) is 19.9. The Kier molecular flexibility index (Phi) is 56.8. The molecule has 1 atom stereocenters. The zero-order valence-corrected chi connectivity index (χ0v) is 47.2. The van der Waals surface area contributed by atoms with Crippen LogP contribution < -0.4 is 0 Å². The van der Waals surface area contributed by atoms with Gasteiger partial charge >= 0.3 is 17.9 Å². The fraction of sp³-hybridized carbons (Fsp3) is 0.712. The molecule has 0 N–H and O–H groups in total. The Bertz CT molecular complexity index is 1430.